The van der Waals surface area contributed by atoms with Crippen molar-refractivity contribution in [2.45, 2.75) is 46.2 Å². The van der Waals surface area contributed by atoms with Crippen molar-refractivity contribution >= 4 is 16.8 Å². The predicted molar refractivity (Wildman–Crippen MR) is 85.6 cm³/mol. The van der Waals surface area contributed by atoms with E-state index in [-0.39, 0.29) is 11.4 Å². The van der Waals surface area contributed by atoms with E-state index in [0.717, 1.165) is 23.1 Å². The van der Waals surface area contributed by atoms with Gasteiger partial charge >= 0.3 is 0 Å². The highest BCUT2D eigenvalue weighted by atomic mass is 16.5. The Morgan fingerprint density at radius 2 is 2.05 bits per heavy atom. The minimum atomic E-state index is -0.213. The monoisotopic (exact) mass is 288 g/mol. The Hall–Kier alpha value is -1.97. The molecule has 2 rings (SSSR count). The summed E-state index contributed by atoms with van der Waals surface area (Å²) in [4.78, 5) is 12.1. The number of hydrogen-bond donors (Lipinski definition) is 1. The summed E-state index contributed by atoms with van der Waals surface area (Å²) in [5.41, 5.74) is 0.808. The SMILES string of the molecule is CCCOc1cccc2c1ccn2CC(=O)NC(C)(C)C. The van der Waals surface area contributed by atoms with E-state index < -0.39 is 0 Å². The average Bonchev–Trinajstić information content (AvgIpc) is 2.78. The molecule has 1 aromatic heterocycles. The number of carbonyl (C=O) groups excluding carboxylic acids is 1. The second-order valence-electron chi connectivity index (χ2n) is 6.28. The van der Waals surface area contributed by atoms with Crippen molar-refractivity contribution in [2.75, 3.05) is 6.61 Å². The van der Waals surface area contributed by atoms with Crippen molar-refractivity contribution in [1.29, 1.82) is 0 Å². The first-order valence-electron chi connectivity index (χ1n) is 7.42. The van der Waals surface area contributed by atoms with E-state index in [9.17, 15) is 4.79 Å². The van der Waals surface area contributed by atoms with E-state index in [4.69, 9.17) is 4.74 Å². The maximum Gasteiger partial charge on any atom is 0.240 e. The van der Waals surface area contributed by atoms with E-state index >= 15 is 0 Å². The third-order valence-electron chi connectivity index (χ3n) is 3.06. The molecule has 0 bridgehead atoms. The van der Waals surface area contributed by atoms with Crippen LogP contribution in [0.2, 0.25) is 0 Å². The molecule has 21 heavy (non-hydrogen) atoms. The Bertz CT molecular complexity index is 623. The number of ether oxygens (including phenoxy) is 1. The van der Waals surface area contributed by atoms with Crippen LogP contribution in [0.1, 0.15) is 34.1 Å². The van der Waals surface area contributed by atoms with E-state index in [1.54, 1.807) is 0 Å². The molecule has 1 heterocycles. The first-order valence-corrected chi connectivity index (χ1v) is 7.42. The maximum atomic E-state index is 12.1. The smallest absolute Gasteiger partial charge is 0.240 e. The highest BCUT2D eigenvalue weighted by Crippen LogP contribution is 2.26. The van der Waals surface area contributed by atoms with Crippen molar-refractivity contribution in [3.63, 3.8) is 0 Å². The zero-order valence-corrected chi connectivity index (χ0v) is 13.3. The maximum absolute atomic E-state index is 12.1. The lowest BCUT2D eigenvalue weighted by Gasteiger charge is -2.20. The lowest BCUT2D eigenvalue weighted by atomic mass is 10.1. The number of aromatic nitrogens is 1. The number of fused-ring (bicyclic) bond motifs is 1. The molecule has 0 spiro atoms. The molecule has 4 nitrogen and oxygen atoms in total. The highest BCUT2D eigenvalue weighted by Gasteiger charge is 2.15. The van der Waals surface area contributed by atoms with Crippen LogP contribution in [0.3, 0.4) is 0 Å². The van der Waals surface area contributed by atoms with Gasteiger partial charge in [0.25, 0.3) is 0 Å². The van der Waals surface area contributed by atoms with Crippen LogP contribution in [0.4, 0.5) is 0 Å². The van der Waals surface area contributed by atoms with Gasteiger partial charge in [-0.2, -0.15) is 0 Å². The topological polar surface area (TPSA) is 43.3 Å². The average molecular weight is 288 g/mol. The molecule has 114 valence electrons. The van der Waals surface area contributed by atoms with Crippen LogP contribution in [-0.2, 0) is 11.3 Å². The Morgan fingerprint density at radius 1 is 1.29 bits per heavy atom. The molecule has 4 heteroatoms. The summed E-state index contributed by atoms with van der Waals surface area (Å²) < 4.78 is 7.71. The van der Waals surface area contributed by atoms with E-state index in [1.165, 1.54) is 0 Å². The zero-order valence-electron chi connectivity index (χ0n) is 13.3. The lowest BCUT2D eigenvalue weighted by Crippen LogP contribution is -2.42. The Morgan fingerprint density at radius 3 is 2.71 bits per heavy atom. The van der Waals surface area contributed by atoms with E-state index in [0.29, 0.717) is 13.2 Å². The fraction of sp³-hybridized carbons (Fsp3) is 0.471. The van der Waals surface area contributed by atoms with Crippen LogP contribution >= 0.6 is 0 Å². The second-order valence-corrected chi connectivity index (χ2v) is 6.28. The number of carbonyl (C=O) groups is 1. The van der Waals surface area contributed by atoms with Gasteiger partial charge in [-0.25, -0.2) is 0 Å². The van der Waals surface area contributed by atoms with Gasteiger partial charge in [0.1, 0.15) is 12.3 Å². The number of amides is 1. The lowest BCUT2D eigenvalue weighted by molar-refractivity contribution is -0.123. The first-order chi connectivity index (χ1) is 9.90. The Kier molecular flexibility index (Phi) is 4.56. The van der Waals surface area contributed by atoms with Crippen molar-refractivity contribution in [1.82, 2.24) is 9.88 Å². The molecule has 0 unspecified atom stereocenters. The fourth-order valence-electron chi connectivity index (χ4n) is 2.28. The molecule has 0 aliphatic heterocycles. The van der Waals surface area contributed by atoms with Crippen molar-refractivity contribution < 1.29 is 9.53 Å². The van der Waals surface area contributed by atoms with E-state index in [1.807, 2.05) is 55.8 Å². The van der Waals surface area contributed by atoms with Crippen molar-refractivity contribution in [3.05, 3.63) is 30.5 Å². The van der Waals surface area contributed by atoms with Gasteiger partial charge in [0.2, 0.25) is 5.91 Å². The molecule has 2 aromatic rings. The molecule has 0 saturated carbocycles. The van der Waals surface area contributed by atoms with Crippen molar-refractivity contribution in [2.24, 2.45) is 0 Å². The molecule has 0 atom stereocenters. The third kappa shape index (κ3) is 4.00. The molecule has 1 N–H and O–H groups in total. The molecular weight excluding hydrogens is 264 g/mol. The number of nitrogens with one attached hydrogen (secondary N) is 1. The predicted octanol–water partition coefficient (Wildman–Crippen LogP) is 3.34. The summed E-state index contributed by atoms with van der Waals surface area (Å²) in [6.45, 7) is 9.05. The highest BCUT2D eigenvalue weighted by molar-refractivity contribution is 5.88. The van der Waals surface area contributed by atoms with Gasteiger partial charge in [0.05, 0.1) is 12.1 Å². The van der Waals surface area contributed by atoms with Crippen LogP contribution in [0.5, 0.6) is 5.75 Å². The first kappa shape index (κ1) is 15.4. The summed E-state index contributed by atoms with van der Waals surface area (Å²) in [5, 5.41) is 4.03. The summed E-state index contributed by atoms with van der Waals surface area (Å²) in [7, 11) is 0. The van der Waals surface area contributed by atoms with E-state index in [2.05, 4.69) is 12.2 Å². The minimum absolute atomic E-state index is 0.0138. The molecule has 1 aromatic carbocycles. The largest absolute Gasteiger partial charge is 0.493 e. The standard InChI is InChI=1S/C17H24N2O2/c1-5-11-21-15-8-6-7-14-13(15)9-10-19(14)12-16(20)18-17(2,3)4/h6-10H,5,11-12H2,1-4H3,(H,18,20). The number of nitrogens with zero attached hydrogens (tertiary/aromatic N) is 1. The summed E-state index contributed by atoms with van der Waals surface area (Å²) in [5.74, 6) is 0.893. The van der Waals surface area contributed by atoms with Crippen LogP contribution in [0, 0.1) is 0 Å². The zero-order chi connectivity index (χ0) is 15.5. The van der Waals surface area contributed by atoms with Crippen molar-refractivity contribution in [3.8, 4) is 5.75 Å². The van der Waals surface area contributed by atoms with Gasteiger partial charge in [-0.1, -0.05) is 13.0 Å². The molecular formula is C17H24N2O2. The number of rotatable bonds is 5. The van der Waals surface area contributed by atoms with Gasteiger partial charge in [-0.05, 0) is 45.4 Å². The van der Waals surface area contributed by atoms with Crippen LogP contribution in [0.25, 0.3) is 10.9 Å². The summed E-state index contributed by atoms with van der Waals surface area (Å²) in [6, 6.07) is 7.95. The minimum Gasteiger partial charge on any atom is -0.493 e. The molecule has 0 aliphatic carbocycles. The number of hydrogen-bond acceptors (Lipinski definition) is 2. The third-order valence-corrected chi connectivity index (χ3v) is 3.06. The van der Waals surface area contributed by atoms with Gasteiger partial charge < -0.3 is 14.6 Å². The van der Waals surface area contributed by atoms with Gasteiger partial charge in [0.15, 0.2) is 0 Å². The number of benzene rings is 1. The Labute approximate surface area is 126 Å². The second kappa shape index (κ2) is 6.20. The molecule has 1 amide bonds. The summed E-state index contributed by atoms with van der Waals surface area (Å²) in [6.07, 6.45) is 2.91. The quantitative estimate of drug-likeness (QED) is 0.917. The summed E-state index contributed by atoms with van der Waals surface area (Å²) >= 11 is 0. The normalized spacial score (nSPS) is 11.6. The van der Waals surface area contributed by atoms with Gasteiger partial charge in [-0.15, -0.1) is 0 Å². The Balaban J connectivity index is 2.20. The van der Waals surface area contributed by atoms with Gasteiger partial charge in [-0.3, -0.25) is 4.79 Å². The fourth-order valence-corrected chi connectivity index (χ4v) is 2.28. The van der Waals surface area contributed by atoms with Gasteiger partial charge in [0, 0.05) is 17.1 Å². The molecule has 0 aliphatic rings. The van der Waals surface area contributed by atoms with Crippen LogP contribution < -0.4 is 10.1 Å². The molecule has 0 radical (unpaired) electrons. The van der Waals surface area contributed by atoms with Crippen LogP contribution in [-0.4, -0.2) is 22.6 Å². The van der Waals surface area contributed by atoms with Crippen LogP contribution in [0.15, 0.2) is 30.5 Å². The molecule has 0 fully saturated rings. The molecule has 0 saturated heterocycles.